The monoisotopic (exact) mass is 522 g/mol. The average molecular weight is 523 g/mol. The van der Waals surface area contributed by atoms with Crippen LogP contribution in [0.2, 0.25) is 0 Å². The number of carbonyl (C=O) groups excluding carboxylic acids is 2. The maximum absolute atomic E-state index is 13.4. The van der Waals surface area contributed by atoms with Gasteiger partial charge in [-0.2, -0.15) is 5.26 Å². The molecule has 200 valence electrons. The van der Waals surface area contributed by atoms with Crippen LogP contribution in [0.25, 0.3) is 22.3 Å². The molecule has 4 aromatic rings. The van der Waals surface area contributed by atoms with Crippen LogP contribution in [0.15, 0.2) is 83.3 Å². The van der Waals surface area contributed by atoms with Crippen molar-refractivity contribution in [1.82, 2.24) is 4.90 Å². The fourth-order valence-electron chi connectivity index (χ4n) is 4.63. The number of benzene rings is 3. The number of furan rings is 1. The number of rotatable bonds is 11. The zero-order valence-corrected chi connectivity index (χ0v) is 22.7. The van der Waals surface area contributed by atoms with Crippen LogP contribution in [-0.4, -0.2) is 22.8 Å². The van der Waals surface area contributed by atoms with E-state index in [1.807, 2.05) is 87.5 Å². The van der Waals surface area contributed by atoms with Gasteiger partial charge >= 0.3 is 5.97 Å². The van der Waals surface area contributed by atoms with Gasteiger partial charge in [-0.25, -0.2) is 4.79 Å². The number of nitrogens with zero attached hydrogens (tertiary/aromatic N) is 2. The van der Waals surface area contributed by atoms with Crippen molar-refractivity contribution in [2.45, 2.75) is 59.2 Å². The summed E-state index contributed by atoms with van der Waals surface area (Å²) in [4.78, 5) is 28.4. The van der Waals surface area contributed by atoms with E-state index in [-0.39, 0.29) is 18.4 Å². The molecule has 1 unspecified atom stereocenters. The van der Waals surface area contributed by atoms with E-state index in [2.05, 4.69) is 6.07 Å². The Morgan fingerprint density at radius 1 is 0.974 bits per heavy atom. The van der Waals surface area contributed by atoms with Crippen LogP contribution in [-0.2, 0) is 27.5 Å². The molecule has 1 amide bonds. The first-order valence-electron chi connectivity index (χ1n) is 13.4. The first-order chi connectivity index (χ1) is 18.9. The number of nitriles is 1. The summed E-state index contributed by atoms with van der Waals surface area (Å²) in [6, 6.07) is 26.0. The molecule has 0 fully saturated rings. The summed E-state index contributed by atoms with van der Waals surface area (Å²) in [5.74, 6) is 0.121. The molecule has 0 bridgehead atoms. The van der Waals surface area contributed by atoms with E-state index in [4.69, 9.17) is 14.4 Å². The van der Waals surface area contributed by atoms with Crippen molar-refractivity contribution < 1.29 is 18.7 Å². The number of ether oxygens (including phenoxy) is 1. The highest BCUT2D eigenvalue weighted by atomic mass is 16.5. The zero-order valence-electron chi connectivity index (χ0n) is 22.7. The van der Waals surface area contributed by atoms with Crippen molar-refractivity contribution in [1.29, 1.82) is 5.26 Å². The fourth-order valence-corrected chi connectivity index (χ4v) is 4.63. The summed E-state index contributed by atoms with van der Waals surface area (Å²) in [6.45, 7) is 6.39. The number of hydrogen-bond donors (Lipinski definition) is 0. The minimum atomic E-state index is -0.702. The second kappa shape index (κ2) is 12.9. The smallest absolute Gasteiger partial charge is 0.329 e. The number of unbranched alkanes of at least 4 members (excludes halogenated alkanes) is 1. The quantitative estimate of drug-likeness (QED) is 0.194. The Morgan fingerprint density at radius 2 is 1.72 bits per heavy atom. The second-order valence-corrected chi connectivity index (χ2v) is 10.1. The normalized spacial score (nSPS) is 11.8. The van der Waals surface area contributed by atoms with Gasteiger partial charge in [0.25, 0.3) is 0 Å². The van der Waals surface area contributed by atoms with Gasteiger partial charge < -0.3 is 14.1 Å². The van der Waals surface area contributed by atoms with E-state index < -0.39 is 12.0 Å². The summed E-state index contributed by atoms with van der Waals surface area (Å²) < 4.78 is 11.7. The molecule has 0 radical (unpaired) electrons. The molecule has 0 saturated carbocycles. The van der Waals surface area contributed by atoms with Crippen molar-refractivity contribution in [3.63, 3.8) is 0 Å². The number of carbonyl (C=O) groups is 2. The highest BCUT2D eigenvalue weighted by molar-refractivity contribution is 5.86. The molecular formula is C33H34N2O4. The van der Waals surface area contributed by atoms with E-state index in [0.29, 0.717) is 24.3 Å². The van der Waals surface area contributed by atoms with Gasteiger partial charge in [0.1, 0.15) is 24.0 Å². The van der Waals surface area contributed by atoms with Gasteiger partial charge in [-0.3, -0.25) is 4.79 Å². The Bertz CT molecular complexity index is 1450. The predicted octanol–water partition coefficient (Wildman–Crippen LogP) is 7.26. The van der Waals surface area contributed by atoms with Crippen LogP contribution in [0.4, 0.5) is 0 Å². The van der Waals surface area contributed by atoms with Crippen molar-refractivity contribution in [3.05, 3.63) is 95.6 Å². The lowest BCUT2D eigenvalue weighted by molar-refractivity contribution is -0.159. The van der Waals surface area contributed by atoms with Crippen LogP contribution < -0.4 is 0 Å². The third kappa shape index (κ3) is 6.94. The number of esters is 1. The minimum absolute atomic E-state index is 0.0576. The van der Waals surface area contributed by atoms with E-state index in [0.717, 1.165) is 40.5 Å². The largest absolute Gasteiger partial charge is 0.459 e. The Labute approximate surface area is 229 Å². The van der Waals surface area contributed by atoms with Gasteiger partial charge in [-0.15, -0.1) is 0 Å². The van der Waals surface area contributed by atoms with Crippen LogP contribution >= 0.6 is 0 Å². The van der Waals surface area contributed by atoms with Crippen molar-refractivity contribution >= 4 is 22.8 Å². The molecule has 6 nitrogen and oxygen atoms in total. The first-order valence-corrected chi connectivity index (χ1v) is 13.4. The minimum Gasteiger partial charge on any atom is -0.459 e. The standard InChI is InChI=1S/C33H34N2O4/c1-4-5-11-31(36)35(32(23(2)3)33(37)38-22-25-9-7-6-8-10-25)21-26-14-17-29-28(18-26)19-30(39-29)27-15-12-24(20-34)13-16-27/h6-10,12-19,23,32H,4-5,11,21-22H2,1-3H3. The van der Waals surface area contributed by atoms with E-state index >= 15 is 0 Å². The molecule has 0 spiro atoms. The molecule has 4 rings (SSSR count). The lowest BCUT2D eigenvalue weighted by Gasteiger charge is -2.33. The van der Waals surface area contributed by atoms with E-state index in [1.54, 1.807) is 17.0 Å². The molecule has 0 saturated heterocycles. The van der Waals surface area contributed by atoms with E-state index in [1.165, 1.54) is 0 Å². The molecule has 0 aliphatic carbocycles. The molecule has 0 N–H and O–H groups in total. The van der Waals surface area contributed by atoms with Crippen LogP contribution in [0.5, 0.6) is 0 Å². The number of amides is 1. The Morgan fingerprint density at radius 3 is 2.38 bits per heavy atom. The lowest BCUT2D eigenvalue weighted by Crippen LogP contribution is -2.48. The van der Waals surface area contributed by atoms with Gasteiger partial charge in [0, 0.05) is 23.9 Å². The van der Waals surface area contributed by atoms with Crippen molar-refractivity contribution in [3.8, 4) is 17.4 Å². The van der Waals surface area contributed by atoms with Gasteiger partial charge in [-0.05, 0) is 65.9 Å². The lowest BCUT2D eigenvalue weighted by atomic mass is 10.00. The molecule has 39 heavy (non-hydrogen) atoms. The second-order valence-electron chi connectivity index (χ2n) is 10.1. The maximum atomic E-state index is 13.4. The maximum Gasteiger partial charge on any atom is 0.329 e. The number of fused-ring (bicyclic) bond motifs is 1. The van der Waals surface area contributed by atoms with Gasteiger partial charge in [-0.1, -0.05) is 63.6 Å². The summed E-state index contributed by atoms with van der Waals surface area (Å²) >= 11 is 0. The first kappa shape index (κ1) is 27.7. The summed E-state index contributed by atoms with van der Waals surface area (Å²) in [7, 11) is 0. The van der Waals surface area contributed by atoms with Crippen LogP contribution in [0.1, 0.15) is 56.7 Å². The van der Waals surface area contributed by atoms with Gasteiger partial charge in [0.2, 0.25) is 5.91 Å². The SMILES string of the molecule is CCCCC(=O)N(Cc1ccc2oc(-c3ccc(C#N)cc3)cc2c1)C(C(=O)OCc1ccccc1)C(C)C. The molecule has 1 aromatic heterocycles. The van der Waals surface area contributed by atoms with Crippen molar-refractivity contribution in [2.24, 2.45) is 5.92 Å². The summed E-state index contributed by atoms with van der Waals surface area (Å²) in [5.41, 5.74) is 4.00. The molecule has 0 aliphatic rings. The molecule has 6 heteroatoms. The molecule has 3 aromatic carbocycles. The average Bonchev–Trinajstić information content (AvgIpc) is 3.38. The third-order valence-electron chi connectivity index (χ3n) is 6.73. The van der Waals surface area contributed by atoms with E-state index in [9.17, 15) is 9.59 Å². The highest BCUT2D eigenvalue weighted by Gasteiger charge is 2.33. The van der Waals surface area contributed by atoms with Crippen LogP contribution in [0, 0.1) is 17.2 Å². The highest BCUT2D eigenvalue weighted by Crippen LogP contribution is 2.29. The molecule has 1 atom stereocenters. The third-order valence-corrected chi connectivity index (χ3v) is 6.73. The fraction of sp³-hybridized carbons (Fsp3) is 0.303. The van der Waals surface area contributed by atoms with Gasteiger partial charge in [0.05, 0.1) is 11.6 Å². The predicted molar refractivity (Wildman–Crippen MR) is 151 cm³/mol. The Hall–Kier alpha value is -4.37. The topological polar surface area (TPSA) is 83.5 Å². The Balaban J connectivity index is 1.58. The zero-order chi connectivity index (χ0) is 27.8. The Kier molecular flexibility index (Phi) is 9.17. The molecule has 0 aliphatic heterocycles. The molecule has 1 heterocycles. The van der Waals surface area contributed by atoms with Gasteiger partial charge in [0.15, 0.2) is 0 Å². The summed E-state index contributed by atoms with van der Waals surface area (Å²) in [5, 5.41) is 9.97. The number of hydrogen-bond acceptors (Lipinski definition) is 5. The molecular weight excluding hydrogens is 488 g/mol. The van der Waals surface area contributed by atoms with Crippen LogP contribution in [0.3, 0.4) is 0 Å². The summed E-state index contributed by atoms with van der Waals surface area (Å²) in [6.07, 6.45) is 2.03. The van der Waals surface area contributed by atoms with Crippen molar-refractivity contribution in [2.75, 3.05) is 0 Å².